The van der Waals surface area contributed by atoms with Crippen molar-refractivity contribution in [1.82, 2.24) is 4.90 Å². The Morgan fingerprint density at radius 1 is 1.20 bits per heavy atom. The molecule has 0 aliphatic rings. The highest BCUT2D eigenvalue weighted by Gasteiger charge is 2.19. The van der Waals surface area contributed by atoms with Crippen molar-refractivity contribution < 1.29 is 13.6 Å². The van der Waals surface area contributed by atoms with Crippen LogP contribution in [0.1, 0.15) is 15.9 Å². The number of anilines is 1. The van der Waals surface area contributed by atoms with Gasteiger partial charge >= 0.3 is 0 Å². The number of carbonyl (C=O) groups is 1. The van der Waals surface area contributed by atoms with Crippen molar-refractivity contribution in [3.8, 4) is 0 Å². The van der Waals surface area contributed by atoms with Crippen LogP contribution in [0.2, 0.25) is 0 Å². The maximum atomic E-state index is 13.8. The van der Waals surface area contributed by atoms with Crippen LogP contribution in [0.5, 0.6) is 0 Å². The third-order valence-electron chi connectivity index (χ3n) is 2.91. The zero-order chi connectivity index (χ0) is 14.7. The molecule has 0 aromatic heterocycles. The van der Waals surface area contributed by atoms with Crippen molar-refractivity contribution in [2.45, 2.75) is 6.54 Å². The molecule has 104 valence electrons. The summed E-state index contributed by atoms with van der Waals surface area (Å²) >= 11 is 0. The van der Waals surface area contributed by atoms with E-state index < -0.39 is 17.5 Å². The number of nitrogens with zero attached hydrogens (tertiary/aromatic N) is 1. The molecule has 0 fully saturated rings. The van der Waals surface area contributed by atoms with E-state index in [1.807, 2.05) is 30.3 Å². The van der Waals surface area contributed by atoms with E-state index in [9.17, 15) is 13.6 Å². The highest BCUT2D eigenvalue weighted by atomic mass is 19.1. The van der Waals surface area contributed by atoms with Crippen LogP contribution in [0.25, 0.3) is 0 Å². The molecule has 0 aliphatic carbocycles. The molecule has 0 unspecified atom stereocenters. The first-order chi connectivity index (χ1) is 9.49. The maximum absolute atomic E-state index is 13.8. The second-order valence-corrected chi connectivity index (χ2v) is 4.50. The molecule has 5 heteroatoms. The monoisotopic (exact) mass is 276 g/mol. The van der Waals surface area contributed by atoms with E-state index in [4.69, 9.17) is 5.73 Å². The number of hydrogen-bond donors (Lipinski definition) is 1. The van der Waals surface area contributed by atoms with Gasteiger partial charge in [0.05, 0.1) is 11.3 Å². The zero-order valence-electron chi connectivity index (χ0n) is 10.9. The Hall–Kier alpha value is -2.43. The van der Waals surface area contributed by atoms with Gasteiger partial charge in [-0.3, -0.25) is 4.79 Å². The topological polar surface area (TPSA) is 46.3 Å². The summed E-state index contributed by atoms with van der Waals surface area (Å²) < 4.78 is 27.0. The molecule has 0 saturated carbocycles. The van der Waals surface area contributed by atoms with Crippen molar-refractivity contribution in [3.63, 3.8) is 0 Å². The minimum Gasteiger partial charge on any atom is -0.396 e. The predicted octanol–water partition coefficient (Wildman–Crippen LogP) is 2.82. The van der Waals surface area contributed by atoms with Crippen molar-refractivity contribution in [2.75, 3.05) is 12.8 Å². The summed E-state index contributed by atoms with van der Waals surface area (Å²) in [5.74, 6) is -2.24. The quantitative estimate of drug-likeness (QED) is 0.876. The number of carbonyl (C=O) groups excluding carboxylic acids is 1. The Morgan fingerprint density at radius 2 is 1.85 bits per heavy atom. The molecule has 2 rings (SSSR count). The van der Waals surface area contributed by atoms with Crippen LogP contribution in [0.3, 0.4) is 0 Å². The number of nitrogen functional groups attached to an aromatic ring is 1. The van der Waals surface area contributed by atoms with Gasteiger partial charge in [-0.1, -0.05) is 30.3 Å². The molecule has 0 heterocycles. The SMILES string of the molecule is CN(Cc1ccccc1)C(=O)c1cc(F)cc(N)c1F. The molecule has 3 nitrogen and oxygen atoms in total. The summed E-state index contributed by atoms with van der Waals surface area (Å²) in [6.07, 6.45) is 0. The fourth-order valence-electron chi connectivity index (χ4n) is 1.90. The summed E-state index contributed by atoms with van der Waals surface area (Å²) in [7, 11) is 1.52. The van der Waals surface area contributed by atoms with E-state index in [-0.39, 0.29) is 11.3 Å². The number of benzene rings is 2. The first kappa shape index (κ1) is 14.0. The van der Waals surface area contributed by atoms with Crippen molar-refractivity contribution in [2.24, 2.45) is 0 Å². The van der Waals surface area contributed by atoms with Gasteiger partial charge in [0.2, 0.25) is 0 Å². The lowest BCUT2D eigenvalue weighted by Gasteiger charge is -2.18. The lowest BCUT2D eigenvalue weighted by Crippen LogP contribution is -2.27. The first-order valence-corrected chi connectivity index (χ1v) is 6.03. The Bertz CT molecular complexity index is 629. The molecular weight excluding hydrogens is 262 g/mol. The minimum absolute atomic E-state index is 0.301. The second-order valence-electron chi connectivity index (χ2n) is 4.50. The third kappa shape index (κ3) is 2.93. The normalized spacial score (nSPS) is 10.3. The number of hydrogen-bond acceptors (Lipinski definition) is 2. The molecule has 0 saturated heterocycles. The maximum Gasteiger partial charge on any atom is 0.257 e. The molecule has 2 N–H and O–H groups in total. The summed E-state index contributed by atoms with van der Waals surface area (Å²) in [4.78, 5) is 13.5. The van der Waals surface area contributed by atoms with E-state index >= 15 is 0 Å². The Labute approximate surface area is 115 Å². The highest BCUT2D eigenvalue weighted by Crippen LogP contribution is 2.19. The lowest BCUT2D eigenvalue weighted by molar-refractivity contribution is 0.0780. The molecule has 0 radical (unpaired) electrons. The standard InChI is InChI=1S/C15H14F2N2O/c1-19(9-10-5-3-2-4-6-10)15(20)12-7-11(16)8-13(18)14(12)17/h2-8H,9,18H2,1H3. The molecular formula is C15H14F2N2O. The van der Waals surface area contributed by atoms with Crippen molar-refractivity contribution in [1.29, 1.82) is 0 Å². The smallest absolute Gasteiger partial charge is 0.257 e. The van der Waals surface area contributed by atoms with Crippen molar-refractivity contribution in [3.05, 3.63) is 65.2 Å². The van der Waals surface area contributed by atoms with Gasteiger partial charge in [-0.2, -0.15) is 0 Å². The lowest BCUT2D eigenvalue weighted by atomic mass is 10.1. The molecule has 0 spiro atoms. The fraction of sp³-hybridized carbons (Fsp3) is 0.133. The number of nitrogens with two attached hydrogens (primary N) is 1. The van der Waals surface area contributed by atoms with Crippen LogP contribution in [-0.2, 0) is 6.54 Å². The van der Waals surface area contributed by atoms with Crippen LogP contribution in [0, 0.1) is 11.6 Å². The van der Waals surface area contributed by atoms with Gasteiger partial charge in [-0.15, -0.1) is 0 Å². The Balaban J connectivity index is 2.23. The van der Waals surface area contributed by atoms with Gasteiger partial charge in [0.1, 0.15) is 5.82 Å². The number of amides is 1. The Kier molecular flexibility index (Phi) is 3.98. The van der Waals surface area contributed by atoms with E-state index in [0.29, 0.717) is 6.54 Å². The fourth-order valence-corrected chi connectivity index (χ4v) is 1.90. The van der Waals surface area contributed by atoms with Crippen LogP contribution in [0.15, 0.2) is 42.5 Å². The van der Waals surface area contributed by atoms with Crippen LogP contribution < -0.4 is 5.73 Å². The van der Waals surface area contributed by atoms with E-state index in [2.05, 4.69) is 0 Å². The molecule has 0 aliphatic heterocycles. The van der Waals surface area contributed by atoms with Crippen molar-refractivity contribution >= 4 is 11.6 Å². The number of rotatable bonds is 3. The van der Waals surface area contributed by atoms with Gasteiger partial charge in [0.25, 0.3) is 5.91 Å². The summed E-state index contributed by atoms with van der Waals surface area (Å²) in [6.45, 7) is 0.301. The highest BCUT2D eigenvalue weighted by molar-refractivity contribution is 5.95. The van der Waals surface area contributed by atoms with Gasteiger partial charge in [-0.25, -0.2) is 8.78 Å². The summed E-state index contributed by atoms with van der Waals surface area (Å²) in [5.41, 5.74) is 5.49. The molecule has 2 aromatic rings. The average Bonchev–Trinajstić information content (AvgIpc) is 2.43. The molecule has 0 atom stereocenters. The minimum atomic E-state index is -0.892. The Morgan fingerprint density at radius 3 is 2.50 bits per heavy atom. The molecule has 2 aromatic carbocycles. The van der Waals surface area contributed by atoms with Gasteiger partial charge in [-0.05, 0) is 17.7 Å². The summed E-state index contributed by atoms with van der Waals surface area (Å²) in [5, 5.41) is 0. The molecule has 0 bridgehead atoms. The van der Waals surface area contributed by atoms with Crippen LogP contribution in [-0.4, -0.2) is 17.9 Å². The van der Waals surface area contributed by atoms with Gasteiger partial charge in [0, 0.05) is 13.6 Å². The number of halogens is 2. The molecule has 1 amide bonds. The van der Waals surface area contributed by atoms with Crippen LogP contribution in [0.4, 0.5) is 14.5 Å². The van der Waals surface area contributed by atoms with E-state index in [1.54, 1.807) is 0 Å². The first-order valence-electron chi connectivity index (χ1n) is 6.03. The van der Waals surface area contributed by atoms with Crippen LogP contribution >= 0.6 is 0 Å². The summed E-state index contributed by atoms with van der Waals surface area (Å²) in [6, 6.07) is 10.9. The van der Waals surface area contributed by atoms with Gasteiger partial charge in [0.15, 0.2) is 5.82 Å². The molecule has 20 heavy (non-hydrogen) atoms. The zero-order valence-corrected chi connectivity index (χ0v) is 10.9. The second kappa shape index (κ2) is 5.69. The largest absolute Gasteiger partial charge is 0.396 e. The third-order valence-corrected chi connectivity index (χ3v) is 2.91. The van der Waals surface area contributed by atoms with E-state index in [0.717, 1.165) is 17.7 Å². The average molecular weight is 276 g/mol. The van der Waals surface area contributed by atoms with Gasteiger partial charge < -0.3 is 10.6 Å². The predicted molar refractivity (Wildman–Crippen MR) is 73.0 cm³/mol. The van der Waals surface area contributed by atoms with E-state index in [1.165, 1.54) is 11.9 Å².